The Balaban J connectivity index is 2.06. The summed E-state index contributed by atoms with van der Waals surface area (Å²) in [6, 6.07) is 8.24. The molecule has 1 aromatic carbocycles. The standard InChI is InChI=1S/C16H21NO4/c1-20-16(21-2)9-12(15(18)19)10-17-8-7-11-5-3-4-6-13(11)14(16)17/h3-6,12,14H,7-10H2,1-2H3,(H,18,19). The second kappa shape index (κ2) is 5.40. The third-order valence-electron chi connectivity index (χ3n) is 4.83. The molecule has 1 saturated heterocycles. The second-order valence-electron chi connectivity index (χ2n) is 5.81. The highest BCUT2D eigenvalue weighted by Crippen LogP contribution is 2.46. The molecule has 2 heterocycles. The van der Waals surface area contributed by atoms with Crippen LogP contribution in [0.5, 0.6) is 0 Å². The van der Waals surface area contributed by atoms with E-state index >= 15 is 0 Å². The van der Waals surface area contributed by atoms with E-state index in [2.05, 4.69) is 17.0 Å². The van der Waals surface area contributed by atoms with Crippen LogP contribution in [-0.2, 0) is 20.7 Å². The van der Waals surface area contributed by atoms with Gasteiger partial charge in [0.25, 0.3) is 0 Å². The number of nitrogens with zero attached hydrogens (tertiary/aromatic N) is 1. The van der Waals surface area contributed by atoms with Gasteiger partial charge in [-0.05, 0) is 17.5 Å². The third kappa shape index (κ3) is 2.25. The van der Waals surface area contributed by atoms with Crippen molar-refractivity contribution < 1.29 is 19.4 Å². The van der Waals surface area contributed by atoms with Crippen molar-refractivity contribution in [1.29, 1.82) is 0 Å². The molecular formula is C16H21NO4. The molecule has 0 aromatic heterocycles. The Hall–Kier alpha value is -1.43. The number of benzene rings is 1. The zero-order valence-electron chi connectivity index (χ0n) is 12.4. The lowest BCUT2D eigenvalue weighted by molar-refractivity contribution is -0.274. The van der Waals surface area contributed by atoms with Gasteiger partial charge in [0.1, 0.15) is 0 Å². The fourth-order valence-corrected chi connectivity index (χ4v) is 3.77. The number of piperidine rings is 1. The van der Waals surface area contributed by atoms with Crippen LogP contribution in [0.15, 0.2) is 24.3 Å². The van der Waals surface area contributed by atoms with E-state index in [1.807, 2.05) is 12.1 Å². The number of aliphatic carboxylic acids is 1. The molecule has 0 amide bonds. The number of hydrogen-bond donors (Lipinski definition) is 1. The number of fused-ring (bicyclic) bond motifs is 3. The summed E-state index contributed by atoms with van der Waals surface area (Å²) in [5.74, 6) is -2.16. The van der Waals surface area contributed by atoms with Crippen LogP contribution in [0.1, 0.15) is 23.6 Å². The van der Waals surface area contributed by atoms with E-state index in [4.69, 9.17) is 9.47 Å². The highest BCUT2D eigenvalue weighted by atomic mass is 16.7. The van der Waals surface area contributed by atoms with Gasteiger partial charge in [-0.25, -0.2) is 0 Å². The summed E-state index contributed by atoms with van der Waals surface area (Å²) in [6.45, 7) is 1.38. The fourth-order valence-electron chi connectivity index (χ4n) is 3.77. The molecule has 2 unspecified atom stereocenters. The number of ether oxygens (including phenoxy) is 2. The van der Waals surface area contributed by atoms with Crippen molar-refractivity contribution in [3.8, 4) is 0 Å². The van der Waals surface area contributed by atoms with Crippen molar-refractivity contribution in [3.05, 3.63) is 35.4 Å². The predicted molar refractivity (Wildman–Crippen MR) is 77.0 cm³/mol. The minimum absolute atomic E-state index is 0.0481. The van der Waals surface area contributed by atoms with Crippen LogP contribution < -0.4 is 0 Å². The van der Waals surface area contributed by atoms with Gasteiger partial charge in [0.2, 0.25) is 0 Å². The van der Waals surface area contributed by atoms with Crippen LogP contribution in [0.2, 0.25) is 0 Å². The minimum atomic E-state index is -0.905. The van der Waals surface area contributed by atoms with Gasteiger partial charge in [-0.2, -0.15) is 0 Å². The molecule has 1 fully saturated rings. The molecule has 2 aliphatic rings. The maximum atomic E-state index is 11.5. The average molecular weight is 291 g/mol. The second-order valence-corrected chi connectivity index (χ2v) is 5.81. The average Bonchev–Trinajstić information content (AvgIpc) is 2.53. The van der Waals surface area contributed by atoms with Crippen molar-refractivity contribution in [1.82, 2.24) is 4.90 Å². The van der Waals surface area contributed by atoms with Crippen LogP contribution in [-0.4, -0.2) is 49.1 Å². The molecule has 21 heavy (non-hydrogen) atoms. The fraction of sp³-hybridized carbons (Fsp3) is 0.562. The summed E-state index contributed by atoms with van der Waals surface area (Å²) in [4.78, 5) is 13.6. The van der Waals surface area contributed by atoms with Crippen molar-refractivity contribution in [2.45, 2.75) is 24.7 Å². The van der Waals surface area contributed by atoms with Gasteiger partial charge in [-0.3, -0.25) is 9.69 Å². The zero-order valence-corrected chi connectivity index (χ0v) is 12.4. The molecule has 5 heteroatoms. The topological polar surface area (TPSA) is 59.0 Å². The monoisotopic (exact) mass is 291 g/mol. The third-order valence-corrected chi connectivity index (χ3v) is 4.83. The Morgan fingerprint density at radius 1 is 1.33 bits per heavy atom. The molecule has 2 aliphatic heterocycles. The summed E-state index contributed by atoms with van der Waals surface area (Å²) >= 11 is 0. The van der Waals surface area contributed by atoms with E-state index in [-0.39, 0.29) is 6.04 Å². The molecule has 1 aromatic rings. The number of hydrogen-bond acceptors (Lipinski definition) is 4. The number of carboxylic acids is 1. The van der Waals surface area contributed by atoms with Gasteiger partial charge in [-0.1, -0.05) is 24.3 Å². The van der Waals surface area contributed by atoms with Crippen molar-refractivity contribution in [3.63, 3.8) is 0 Å². The largest absolute Gasteiger partial charge is 0.481 e. The SMILES string of the molecule is COC1(OC)CC(C(=O)O)CN2CCc3ccccc3C21. The predicted octanol–water partition coefficient (Wildman–Crippen LogP) is 1.68. The summed E-state index contributed by atoms with van der Waals surface area (Å²) < 4.78 is 11.4. The van der Waals surface area contributed by atoms with E-state index in [0.717, 1.165) is 13.0 Å². The number of methoxy groups -OCH3 is 2. The quantitative estimate of drug-likeness (QED) is 0.859. The smallest absolute Gasteiger partial charge is 0.308 e. The first kappa shape index (κ1) is 14.5. The molecule has 3 rings (SSSR count). The normalized spacial score (nSPS) is 27.7. The lowest BCUT2D eigenvalue weighted by Crippen LogP contribution is -2.59. The van der Waals surface area contributed by atoms with Crippen LogP contribution >= 0.6 is 0 Å². The molecule has 0 bridgehead atoms. The number of carboxylic acid groups (broad SMARTS) is 1. The van der Waals surface area contributed by atoms with Crippen molar-refractivity contribution in [2.24, 2.45) is 5.92 Å². The number of carbonyl (C=O) groups is 1. The Morgan fingerprint density at radius 3 is 2.71 bits per heavy atom. The van der Waals surface area contributed by atoms with E-state index in [9.17, 15) is 9.90 Å². The van der Waals surface area contributed by atoms with Gasteiger partial charge in [0.15, 0.2) is 5.79 Å². The van der Waals surface area contributed by atoms with Gasteiger partial charge in [0, 0.05) is 33.7 Å². The molecule has 114 valence electrons. The Kier molecular flexibility index (Phi) is 3.73. The zero-order chi connectivity index (χ0) is 15.0. The first-order valence-electron chi connectivity index (χ1n) is 7.26. The van der Waals surface area contributed by atoms with Crippen molar-refractivity contribution in [2.75, 3.05) is 27.3 Å². The van der Waals surface area contributed by atoms with Gasteiger partial charge in [-0.15, -0.1) is 0 Å². The first-order chi connectivity index (χ1) is 10.1. The Bertz CT molecular complexity index is 541. The minimum Gasteiger partial charge on any atom is -0.481 e. The molecule has 5 nitrogen and oxygen atoms in total. The van der Waals surface area contributed by atoms with Gasteiger partial charge >= 0.3 is 5.97 Å². The molecule has 2 atom stereocenters. The molecule has 0 aliphatic carbocycles. The maximum absolute atomic E-state index is 11.5. The summed E-state index contributed by atoms with van der Waals surface area (Å²) in [6.07, 6.45) is 1.30. The maximum Gasteiger partial charge on any atom is 0.308 e. The Labute approximate surface area is 124 Å². The lowest BCUT2D eigenvalue weighted by Gasteiger charge is -2.52. The molecule has 0 saturated carbocycles. The summed E-state index contributed by atoms with van der Waals surface area (Å²) in [5, 5.41) is 9.41. The molecule has 1 N–H and O–H groups in total. The van der Waals surface area contributed by atoms with Gasteiger partial charge in [0.05, 0.1) is 12.0 Å². The Morgan fingerprint density at radius 2 is 2.05 bits per heavy atom. The number of rotatable bonds is 3. The van der Waals surface area contributed by atoms with E-state index < -0.39 is 17.7 Å². The first-order valence-corrected chi connectivity index (χ1v) is 7.26. The van der Waals surface area contributed by atoms with E-state index in [0.29, 0.717) is 13.0 Å². The van der Waals surface area contributed by atoms with Crippen LogP contribution in [0.4, 0.5) is 0 Å². The van der Waals surface area contributed by atoms with Crippen LogP contribution in [0.25, 0.3) is 0 Å². The summed E-state index contributed by atoms with van der Waals surface area (Å²) in [7, 11) is 3.20. The summed E-state index contributed by atoms with van der Waals surface area (Å²) in [5.41, 5.74) is 2.49. The highest BCUT2D eigenvalue weighted by molar-refractivity contribution is 5.70. The van der Waals surface area contributed by atoms with E-state index in [1.54, 1.807) is 14.2 Å². The molecule has 0 radical (unpaired) electrons. The van der Waals surface area contributed by atoms with E-state index in [1.165, 1.54) is 11.1 Å². The van der Waals surface area contributed by atoms with Crippen molar-refractivity contribution >= 4 is 5.97 Å². The van der Waals surface area contributed by atoms with Gasteiger partial charge < -0.3 is 14.6 Å². The molecule has 0 spiro atoms. The van der Waals surface area contributed by atoms with Crippen LogP contribution in [0.3, 0.4) is 0 Å². The highest BCUT2D eigenvalue weighted by Gasteiger charge is 2.52. The molecular weight excluding hydrogens is 270 g/mol. The van der Waals surface area contributed by atoms with Crippen LogP contribution in [0, 0.1) is 5.92 Å². The lowest BCUT2D eigenvalue weighted by atomic mass is 9.79.